The van der Waals surface area contributed by atoms with Gasteiger partial charge in [0.1, 0.15) is 11.6 Å². The van der Waals surface area contributed by atoms with E-state index in [0.29, 0.717) is 63.9 Å². The van der Waals surface area contributed by atoms with Crippen LogP contribution in [0, 0.1) is 43.2 Å². The fraction of sp³-hybridized carbons (Fsp3) is 0.370. The third-order valence-electron chi connectivity index (χ3n) is 13.0. The van der Waals surface area contributed by atoms with Crippen LogP contribution in [0.4, 0.5) is 23.0 Å². The monoisotopic (exact) mass is 1340 g/mol. The van der Waals surface area contributed by atoms with E-state index in [0.717, 1.165) is 57.1 Å². The molecule has 0 aliphatic carbocycles. The van der Waals surface area contributed by atoms with Crippen molar-refractivity contribution in [1.29, 1.82) is 0 Å². The summed E-state index contributed by atoms with van der Waals surface area (Å²) in [6.45, 7) is 30.7. The molecule has 20 N–H and O–H groups in total. The lowest BCUT2D eigenvalue weighted by Crippen LogP contribution is -2.28. The predicted octanol–water partition coefficient (Wildman–Crippen LogP) is 9.56. The smallest absolute Gasteiger partial charge is 0.272 e. The Bertz CT molecular complexity index is 3640. The first-order valence-electron chi connectivity index (χ1n) is 31.9. The van der Waals surface area contributed by atoms with Gasteiger partial charge in [0.05, 0.1) is 56.2 Å². The lowest BCUT2D eigenvalue weighted by molar-refractivity contribution is -0.385. The van der Waals surface area contributed by atoms with E-state index in [-0.39, 0.29) is 29.1 Å². The van der Waals surface area contributed by atoms with E-state index in [2.05, 4.69) is 103 Å². The third kappa shape index (κ3) is 38.3. The molecule has 530 valence electrons. The average molecular weight is 1340 g/mol. The fourth-order valence-electron chi connectivity index (χ4n) is 7.39. The first-order chi connectivity index (χ1) is 46.3. The fourth-order valence-corrected chi connectivity index (χ4v) is 7.39. The van der Waals surface area contributed by atoms with E-state index in [9.17, 15) is 14.9 Å². The van der Waals surface area contributed by atoms with Crippen LogP contribution in [0.2, 0.25) is 0 Å². The van der Waals surface area contributed by atoms with Crippen molar-refractivity contribution in [1.82, 2.24) is 44.9 Å². The summed E-state index contributed by atoms with van der Waals surface area (Å²) in [6, 6.07) is 37.7. The molecule has 0 atom stereocenters. The summed E-state index contributed by atoms with van der Waals surface area (Å²) in [7, 11) is 3.99. The molecule has 9 heterocycles. The normalized spacial score (nSPS) is 10.3. The molecule has 25 heteroatoms. The molecule has 25 nitrogen and oxygen atoms in total. The van der Waals surface area contributed by atoms with Crippen molar-refractivity contribution >= 4 is 28.9 Å². The Morgan fingerprint density at radius 2 is 0.898 bits per heavy atom. The molecule has 0 radical (unpaired) electrons. The number of hydrogen-bond donors (Lipinski definition) is 11. The topological polar surface area (TPSA) is 438 Å². The van der Waals surface area contributed by atoms with Gasteiger partial charge in [0.15, 0.2) is 0 Å². The SMILES string of the molecule is CC(C)(C)C(=O)Nc1cccc(CN)n1.CC(C)(C)Nc1cccc(CN)n1.CC(C)(C)c1ccnc(CN)c1.CN(C)c1ccnc(CN)c1.Cc1ccc(CN)nc1.Cc1cccnc1CN.Cc1ccnc(CN)c1.Cc1ccnc(CN)c1.NCc1cc([N+](=O)[O-])ccn1. The molecular formula is C73H110N22O3. The lowest BCUT2D eigenvalue weighted by atomic mass is 9.87. The van der Waals surface area contributed by atoms with Gasteiger partial charge in [-0.3, -0.25) is 49.8 Å². The molecule has 1 amide bonds. The van der Waals surface area contributed by atoms with Gasteiger partial charge in [-0.2, -0.15) is 0 Å². The quantitative estimate of drug-likeness (QED) is 0.0378. The second-order valence-corrected chi connectivity index (χ2v) is 25.1. The number of hydrogen-bond acceptors (Lipinski definition) is 23. The Morgan fingerprint density at radius 3 is 1.30 bits per heavy atom. The number of aryl methyl sites for hydroxylation is 4. The van der Waals surface area contributed by atoms with Crippen molar-refractivity contribution in [2.45, 2.75) is 160 Å². The highest BCUT2D eigenvalue weighted by Gasteiger charge is 2.21. The van der Waals surface area contributed by atoms with Gasteiger partial charge in [-0.25, -0.2) is 9.97 Å². The second kappa shape index (κ2) is 46.6. The number of nitrogens with two attached hydrogens (primary N) is 9. The molecule has 0 saturated heterocycles. The number of anilines is 3. The van der Waals surface area contributed by atoms with Gasteiger partial charge in [0.25, 0.3) is 5.69 Å². The zero-order valence-corrected chi connectivity index (χ0v) is 60.3. The van der Waals surface area contributed by atoms with Crippen LogP contribution < -0.4 is 67.1 Å². The van der Waals surface area contributed by atoms with Crippen LogP contribution >= 0.6 is 0 Å². The summed E-state index contributed by atoms with van der Waals surface area (Å²) >= 11 is 0. The zero-order valence-electron chi connectivity index (χ0n) is 60.3. The van der Waals surface area contributed by atoms with Gasteiger partial charge in [-0.05, 0) is 167 Å². The first kappa shape index (κ1) is 86.5. The van der Waals surface area contributed by atoms with Crippen LogP contribution in [-0.4, -0.2) is 75.3 Å². The molecule has 0 spiro atoms. The Kier molecular flexibility index (Phi) is 41.1. The minimum atomic E-state index is -0.471. The van der Waals surface area contributed by atoms with Crippen molar-refractivity contribution in [3.63, 3.8) is 0 Å². The van der Waals surface area contributed by atoms with Crippen molar-refractivity contribution in [3.8, 4) is 0 Å². The van der Waals surface area contributed by atoms with Crippen molar-refractivity contribution in [2.75, 3.05) is 29.6 Å². The van der Waals surface area contributed by atoms with Crippen molar-refractivity contribution in [2.24, 2.45) is 57.0 Å². The molecule has 0 aliphatic rings. The van der Waals surface area contributed by atoms with Crippen molar-refractivity contribution < 1.29 is 9.72 Å². The third-order valence-corrected chi connectivity index (χ3v) is 13.0. The first-order valence-corrected chi connectivity index (χ1v) is 31.9. The van der Waals surface area contributed by atoms with Gasteiger partial charge in [-0.15, -0.1) is 0 Å². The Morgan fingerprint density at radius 1 is 0.449 bits per heavy atom. The molecular weight excluding hydrogens is 1230 g/mol. The minimum absolute atomic E-state index is 0.0282. The molecule has 9 rings (SSSR count). The van der Waals surface area contributed by atoms with Crippen LogP contribution in [-0.2, 0) is 69.1 Å². The Labute approximate surface area is 581 Å². The maximum Gasteiger partial charge on any atom is 0.272 e. The number of nitrogens with zero attached hydrogens (tertiary/aromatic N) is 11. The van der Waals surface area contributed by atoms with Crippen LogP contribution in [0.25, 0.3) is 0 Å². The summed E-state index contributed by atoms with van der Waals surface area (Å²) in [4.78, 5) is 60.2. The highest BCUT2D eigenvalue weighted by atomic mass is 16.6. The largest absolute Gasteiger partial charge is 0.378 e. The summed E-state index contributed by atoms with van der Waals surface area (Å²) in [5.74, 6) is 1.39. The summed E-state index contributed by atoms with van der Waals surface area (Å²) in [5, 5.41) is 16.2. The van der Waals surface area contributed by atoms with E-state index in [1.165, 1.54) is 46.1 Å². The maximum absolute atomic E-state index is 11.7. The molecule has 0 aliphatic heterocycles. The highest BCUT2D eigenvalue weighted by molar-refractivity contribution is 5.93. The van der Waals surface area contributed by atoms with Gasteiger partial charge in [0.2, 0.25) is 5.91 Å². The van der Waals surface area contributed by atoms with Crippen LogP contribution in [0.1, 0.15) is 141 Å². The maximum atomic E-state index is 11.7. The molecule has 0 aromatic carbocycles. The molecule has 0 fully saturated rings. The van der Waals surface area contributed by atoms with Gasteiger partial charge in [-0.1, -0.05) is 65.8 Å². The van der Waals surface area contributed by atoms with Crippen LogP contribution in [0.15, 0.2) is 165 Å². The lowest BCUT2D eigenvalue weighted by Gasteiger charge is -2.21. The van der Waals surface area contributed by atoms with E-state index in [1.807, 2.05) is 177 Å². The zero-order chi connectivity index (χ0) is 73.9. The molecule has 0 unspecified atom stereocenters. The molecule has 0 saturated carbocycles. The number of carbonyl (C=O) groups is 1. The molecule has 98 heavy (non-hydrogen) atoms. The Balaban J connectivity index is 0.000000554. The van der Waals surface area contributed by atoms with E-state index in [4.69, 9.17) is 51.6 Å². The second-order valence-electron chi connectivity index (χ2n) is 25.1. The number of amides is 1. The Hall–Kier alpha value is -9.54. The molecule has 0 bridgehead atoms. The average Bonchev–Trinajstić information content (AvgIpc) is 0.878. The summed E-state index contributed by atoms with van der Waals surface area (Å²) in [5.41, 5.74) is 63.5. The number of carbonyl (C=O) groups excluding carboxylic acids is 1. The molecule has 9 aromatic heterocycles. The number of rotatable bonds is 13. The van der Waals surface area contributed by atoms with Gasteiger partial charge >= 0.3 is 0 Å². The number of nitro groups is 1. The summed E-state index contributed by atoms with van der Waals surface area (Å²) < 4.78 is 0. The summed E-state index contributed by atoms with van der Waals surface area (Å²) in [6.07, 6.45) is 12.1. The number of aromatic nitrogens is 9. The van der Waals surface area contributed by atoms with E-state index >= 15 is 0 Å². The standard InChI is InChI=1S/C11H17N3O.C10H17N3.C10H16N2.C8H13N3.4C7H10N2.C6H7N3O2/c1-11(2,3)10(15)14-9-6-4-5-8(7-12)13-9;1-10(2,3)13-9-6-4-5-8(7-11)12-9;1-10(2,3)8-4-5-12-9(6-8)7-11;1-11(2)8-3-4-10-7(5-8)6-9;1-6-2-3-7(4-8)9-5-6;2*1-6-2-3-9-7(4-6)5-8;1-6-3-2-4-9-7(6)5-8;7-4-5-3-6(9(10)11)1-2-8-5/h4-6H,7,12H2,1-3H3,(H,13,14,15);4-6H,7,11H2,1-3H3,(H,12,13);4-6H,7,11H2,1-3H3;3-5H,6,9H2,1-2H3;2-3,5H,4,8H2,1H3;3*2-4H,5,8H2,1H3;1-3H,4,7H2. The molecule has 9 aromatic rings. The van der Waals surface area contributed by atoms with Crippen LogP contribution in [0.3, 0.4) is 0 Å². The minimum Gasteiger partial charge on any atom is -0.378 e. The van der Waals surface area contributed by atoms with E-state index in [1.54, 1.807) is 30.9 Å². The van der Waals surface area contributed by atoms with Gasteiger partial charge < -0.3 is 67.1 Å². The van der Waals surface area contributed by atoms with E-state index < -0.39 is 10.3 Å². The van der Waals surface area contributed by atoms with Crippen LogP contribution in [0.5, 0.6) is 0 Å². The number of nitrogens with one attached hydrogen (secondary N) is 2. The predicted molar refractivity (Wildman–Crippen MR) is 399 cm³/mol. The van der Waals surface area contributed by atoms with Gasteiger partial charge in [0, 0.05) is 145 Å². The van der Waals surface area contributed by atoms with Crippen molar-refractivity contribution in [3.05, 3.63) is 254 Å². The number of pyridine rings is 9. The highest BCUT2D eigenvalue weighted by Crippen LogP contribution is 2.22.